The fourth-order valence-electron chi connectivity index (χ4n) is 3.62. The quantitative estimate of drug-likeness (QED) is 0.198. The van der Waals surface area contributed by atoms with Crippen LogP contribution in [0.2, 0.25) is 5.02 Å². The van der Waals surface area contributed by atoms with Crippen LogP contribution in [0, 0.1) is 23.2 Å². The van der Waals surface area contributed by atoms with Crippen LogP contribution in [0.1, 0.15) is 17.0 Å². The molecule has 0 aliphatic carbocycles. The number of nitrogens with zero attached hydrogens (tertiary/aromatic N) is 2. The molecule has 2 heterocycles. The monoisotopic (exact) mass is 579 g/mol. The zero-order valence-corrected chi connectivity index (χ0v) is 20.7. The number of benzene rings is 2. The third-order valence-electron chi connectivity index (χ3n) is 5.10. The van der Waals surface area contributed by atoms with Crippen molar-refractivity contribution in [3.05, 3.63) is 85.5 Å². The minimum atomic E-state index is -0.617. The molecule has 0 bridgehead atoms. The smallest absolute Gasteiger partial charge is 0.270 e. The van der Waals surface area contributed by atoms with E-state index in [0.29, 0.717) is 0 Å². The first-order chi connectivity index (χ1) is 15.2. The van der Waals surface area contributed by atoms with Gasteiger partial charge in [0.2, 0.25) is 0 Å². The Kier molecular flexibility index (Phi) is 6.19. The summed E-state index contributed by atoms with van der Waals surface area (Å²) in [5, 5.41) is 2.28. The highest BCUT2D eigenvalue weighted by Crippen LogP contribution is 2.28. The van der Waals surface area contributed by atoms with Gasteiger partial charge in [-0.2, -0.15) is 0 Å². The largest absolute Gasteiger partial charge is 0.318 e. The summed E-state index contributed by atoms with van der Waals surface area (Å²) in [7, 11) is 0. The first-order valence-corrected chi connectivity index (χ1v) is 11.4. The van der Waals surface area contributed by atoms with Crippen molar-refractivity contribution in [2.45, 2.75) is 13.8 Å². The molecule has 2 aromatic carbocycles. The third kappa shape index (κ3) is 4.10. The first-order valence-electron chi connectivity index (χ1n) is 9.49. The molecule has 1 aliphatic heterocycles. The molecule has 1 aromatic heterocycles. The van der Waals surface area contributed by atoms with Crippen LogP contribution in [0.3, 0.4) is 0 Å². The molecule has 0 unspecified atom stereocenters. The fourth-order valence-corrected chi connectivity index (χ4v) is 4.60. The molecule has 4 rings (SSSR count). The summed E-state index contributed by atoms with van der Waals surface area (Å²) >= 11 is 13.3. The van der Waals surface area contributed by atoms with Crippen molar-refractivity contribution in [3.63, 3.8) is 0 Å². The number of thiocarbonyl (C=S) groups is 1. The van der Waals surface area contributed by atoms with Crippen LogP contribution in [0.25, 0.3) is 11.8 Å². The van der Waals surface area contributed by atoms with E-state index in [-0.39, 0.29) is 21.4 Å². The van der Waals surface area contributed by atoms with Crippen molar-refractivity contribution < 1.29 is 14.0 Å². The van der Waals surface area contributed by atoms with Crippen molar-refractivity contribution in [1.29, 1.82) is 0 Å². The lowest BCUT2D eigenvalue weighted by Crippen LogP contribution is -2.54. The Morgan fingerprint density at radius 1 is 1.09 bits per heavy atom. The number of amides is 2. The van der Waals surface area contributed by atoms with Gasteiger partial charge in [-0.3, -0.25) is 19.8 Å². The molecule has 0 radical (unpaired) electrons. The summed E-state index contributed by atoms with van der Waals surface area (Å²) in [6.45, 7) is 3.88. The lowest BCUT2D eigenvalue weighted by atomic mass is 10.1. The number of carbonyl (C=O) groups excluding carboxylic acids is 2. The highest BCUT2D eigenvalue weighted by molar-refractivity contribution is 14.1. The van der Waals surface area contributed by atoms with Gasteiger partial charge in [0, 0.05) is 20.6 Å². The predicted octanol–water partition coefficient (Wildman–Crippen LogP) is 5.32. The van der Waals surface area contributed by atoms with Crippen LogP contribution in [0.4, 0.5) is 10.1 Å². The Bertz CT molecular complexity index is 1330. The van der Waals surface area contributed by atoms with Gasteiger partial charge in [0.05, 0.1) is 10.7 Å². The van der Waals surface area contributed by atoms with E-state index >= 15 is 0 Å². The summed E-state index contributed by atoms with van der Waals surface area (Å²) in [6, 6.07) is 13.7. The molecule has 3 aromatic rings. The van der Waals surface area contributed by atoms with Crippen LogP contribution in [0.5, 0.6) is 0 Å². The number of aryl methyl sites for hydroxylation is 1. The number of aromatic nitrogens is 1. The number of hydrogen-bond donors (Lipinski definition) is 1. The number of carbonyl (C=O) groups is 2. The van der Waals surface area contributed by atoms with Crippen molar-refractivity contribution in [3.8, 4) is 5.69 Å². The first kappa shape index (κ1) is 22.6. The maximum Gasteiger partial charge on any atom is 0.270 e. The average molecular weight is 580 g/mol. The van der Waals surface area contributed by atoms with E-state index in [9.17, 15) is 14.0 Å². The summed E-state index contributed by atoms with van der Waals surface area (Å²) in [5.41, 5.74) is 3.73. The predicted molar refractivity (Wildman–Crippen MR) is 136 cm³/mol. The van der Waals surface area contributed by atoms with Gasteiger partial charge >= 0.3 is 0 Å². The van der Waals surface area contributed by atoms with Gasteiger partial charge in [-0.15, -0.1) is 0 Å². The molecule has 0 saturated carbocycles. The molecule has 1 N–H and O–H groups in total. The van der Waals surface area contributed by atoms with Crippen LogP contribution in [0.15, 0.2) is 54.1 Å². The third-order valence-corrected chi connectivity index (χ3v) is 6.34. The number of hydrogen-bond acceptors (Lipinski definition) is 3. The Morgan fingerprint density at radius 3 is 2.53 bits per heavy atom. The van der Waals surface area contributed by atoms with Gasteiger partial charge in [0.15, 0.2) is 5.11 Å². The van der Waals surface area contributed by atoms with E-state index in [1.807, 2.05) is 44.2 Å². The highest BCUT2D eigenvalue weighted by Gasteiger charge is 2.35. The van der Waals surface area contributed by atoms with Crippen LogP contribution in [-0.4, -0.2) is 21.5 Å². The minimum Gasteiger partial charge on any atom is -0.318 e. The Hall–Kier alpha value is -2.56. The standard InChI is InChI=1S/C23H16ClFIN3O2S/c1-12-8-14(13(2)28(12)16-5-3-4-15(26)10-16)9-18-21(30)27-23(32)29(22(18)31)17-6-7-20(25)19(24)11-17/h3-11H,1-2H3,(H,27,30,32)/b18-9+. The molecule has 1 aliphatic rings. The lowest BCUT2D eigenvalue weighted by Gasteiger charge is -2.29. The second-order valence-electron chi connectivity index (χ2n) is 7.20. The molecular formula is C23H16ClFIN3O2S. The van der Waals surface area contributed by atoms with Gasteiger partial charge in [0.25, 0.3) is 11.8 Å². The van der Waals surface area contributed by atoms with Crippen molar-refractivity contribution in [2.75, 3.05) is 4.90 Å². The summed E-state index contributed by atoms with van der Waals surface area (Å²) < 4.78 is 16.7. The molecule has 0 spiro atoms. The molecule has 9 heteroatoms. The maximum absolute atomic E-state index is 13.6. The van der Waals surface area contributed by atoms with Gasteiger partial charge in [0.1, 0.15) is 11.4 Å². The minimum absolute atomic E-state index is 0.0815. The second-order valence-corrected chi connectivity index (χ2v) is 9.24. The zero-order valence-electron chi connectivity index (χ0n) is 16.9. The summed E-state index contributed by atoms with van der Waals surface area (Å²) in [6.07, 6.45) is 1.55. The van der Waals surface area contributed by atoms with E-state index in [4.69, 9.17) is 23.8 Å². The summed E-state index contributed by atoms with van der Waals surface area (Å²) in [4.78, 5) is 27.0. The Labute approximate surface area is 208 Å². The number of nitrogens with one attached hydrogen (secondary N) is 1. The molecular weight excluding hydrogens is 564 g/mol. The molecule has 1 saturated heterocycles. The Balaban J connectivity index is 1.77. The average Bonchev–Trinajstić information content (AvgIpc) is 3.00. The summed E-state index contributed by atoms with van der Waals surface area (Å²) in [5.74, 6) is -1.82. The number of rotatable bonds is 3. The van der Waals surface area contributed by atoms with Gasteiger partial charge < -0.3 is 4.57 Å². The highest BCUT2D eigenvalue weighted by atomic mass is 127. The Morgan fingerprint density at radius 2 is 1.84 bits per heavy atom. The fraction of sp³-hybridized carbons (Fsp3) is 0.0870. The van der Waals surface area contributed by atoms with Gasteiger partial charge in [-0.05, 0) is 103 Å². The maximum atomic E-state index is 13.6. The van der Waals surface area contributed by atoms with Crippen molar-refractivity contribution in [2.24, 2.45) is 0 Å². The molecule has 2 amide bonds. The van der Waals surface area contributed by atoms with Crippen molar-refractivity contribution >= 4 is 75.1 Å². The van der Waals surface area contributed by atoms with Crippen LogP contribution in [-0.2, 0) is 9.59 Å². The van der Waals surface area contributed by atoms with E-state index < -0.39 is 17.6 Å². The topological polar surface area (TPSA) is 54.3 Å². The van der Waals surface area contributed by atoms with E-state index in [0.717, 1.165) is 37.2 Å². The zero-order chi connectivity index (χ0) is 23.2. The molecule has 32 heavy (non-hydrogen) atoms. The normalized spacial score (nSPS) is 15.5. The van der Waals surface area contributed by atoms with E-state index in [1.165, 1.54) is 12.1 Å². The number of halogens is 3. The SMILES string of the molecule is Cc1cc(/C=C2\C(=O)NC(=S)N(c3ccc(F)c(Cl)c3)C2=O)c(C)n1-c1cccc(I)c1. The van der Waals surface area contributed by atoms with Crippen LogP contribution < -0.4 is 10.2 Å². The molecule has 1 fully saturated rings. The van der Waals surface area contributed by atoms with Crippen molar-refractivity contribution in [1.82, 2.24) is 9.88 Å². The molecule has 0 atom stereocenters. The lowest BCUT2D eigenvalue weighted by molar-refractivity contribution is -0.122. The van der Waals surface area contributed by atoms with E-state index in [2.05, 4.69) is 32.5 Å². The van der Waals surface area contributed by atoms with Gasteiger partial charge in [-0.1, -0.05) is 17.7 Å². The van der Waals surface area contributed by atoms with E-state index in [1.54, 1.807) is 6.08 Å². The molecule has 162 valence electrons. The number of anilines is 1. The molecule has 5 nitrogen and oxygen atoms in total. The van der Waals surface area contributed by atoms with Crippen LogP contribution >= 0.6 is 46.4 Å². The van der Waals surface area contributed by atoms with Gasteiger partial charge in [-0.25, -0.2) is 4.39 Å². The second kappa shape index (κ2) is 8.76.